The van der Waals surface area contributed by atoms with E-state index in [0.29, 0.717) is 5.92 Å². The van der Waals surface area contributed by atoms with E-state index in [9.17, 15) is 0 Å². The van der Waals surface area contributed by atoms with Crippen LogP contribution in [-0.4, -0.2) is 37.9 Å². The highest BCUT2D eigenvalue weighted by atomic mass is 32.1. The molecule has 0 spiro atoms. The van der Waals surface area contributed by atoms with Gasteiger partial charge < -0.3 is 5.32 Å². The second kappa shape index (κ2) is 8.92. The Morgan fingerprint density at radius 3 is 2.69 bits per heavy atom. The maximum Gasteiger partial charge on any atom is 0.143 e. The molecular weight excluding hydrogens is 416 g/mol. The Morgan fingerprint density at radius 1 is 1.06 bits per heavy atom. The Kier molecular flexibility index (Phi) is 5.85. The highest BCUT2D eigenvalue weighted by Gasteiger charge is 2.17. The van der Waals surface area contributed by atoms with Gasteiger partial charge in [-0.3, -0.25) is 9.88 Å². The number of hydrogen-bond donors (Lipinski definition) is 1. The minimum atomic E-state index is 0.451. The average Bonchev–Trinajstić information content (AvgIpc) is 3.43. The number of nitrogens with zero attached hydrogens (tertiary/aromatic N) is 5. The predicted octanol–water partition coefficient (Wildman–Crippen LogP) is 5.92. The molecule has 32 heavy (non-hydrogen) atoms. The summed E-state index contributed by atoms with van der Waals surface area (Å²) in [5.41, 5.74) is 5.46. The van der Waals surface area contributed by atoms with Gasteiger partial charge in [-0.2, -0.15) is 0 Å². The smallest absolute Gasteiger partial charge is 0.143 e. The van der Waals surface area contributed by atoms with Crippen molar-refractivity contribution in [3.63, 3.8) is 0 Å². The van der Waals surface area contributed by atoms with Crippen molar-refractivity contribution in [3.8, 4) is 10.7 Å². The van der Waals surface area contributed by atoms with Crippen molar-refractivity contribution in [1.29, 1.82) is 0 Å². The molecule has 1 aliphatic heterocycles. The number of rotatable bonds is 6. The van der Waals surface area contributed by atoms with Gasteiger partial charge in [-0.1, -0.05) is 26.0 Å². The van der Waals surface area contributed by atoms with Crippen LogP contribution in [0.3, 0.4) is 0 Å². The van der Waals surface area contributed by atoms with Gasteiger partial charge in [0.2, 0.25) is 0 Å². The summed E-state index contributed by atoms with van der Waals surface area (Å²) in [6.45, 7) is 9.76. The first-order valence-corrected chi connectivity index (χ1v) is 12.1. The molecule has 1 N–H and O–H groups in total. The zero-order valence-electron chi connectivity index (χ0n) is 18.8. The van der Waals surface area contributed by atoms with Gasteiger partial charge >= 0.3 is 0 Å². The normalized spacial score (nSPS) is 14.5. The van der Waals surface area contributed by atoms with Crippen LogP contribution in [0.15, 0.2) is 42.7 Å². The zero-order chi connectivity index (χ0) is 22.1. The largest absolute Gasteiger partial charge is 0.325 e. The van der Waals surface area contributed by atoms with Gasteiger partial charge in [0.15, 0.2) is 0 Å². The van der Waals surface area contributed by atoms with Gasteiger partial charge in [-0.05, 0) is 62.0 Å². The fourth-order valence-corrected chi connectivity index (χ4v) is 5.21. The number of likely N-dealkylation sites (tertiary alicyclic amines) is 1. The van der Waals surface area contributed by atoms with E-state index in [-0.39, 0.29) is 0 Å². The van der Waals surface area contributed by atoms with E-state index in [4.69, 9.17) is 9.97 Å². The van der Waals surface area contributed by atoms with E-state index < -0.39 is 0 Å². The first-order valence-electron chi connectivity index (χ1n) is 11.2. The quantitative estimate of drug-likeness (QED) is 0.398. The van der Waals surface area contributed by atoms with Crippen molar-refractivity contribution in [1.82, 2.24) is 24.8 Å². The Hall–Kier alpha value is -2.90. The van der Waals surface area contributed by atoms with Crippen LogP contribution in [0, 0.1) is 6.92 Å². The minimum absolute atomic E-state index is 0.451. The molecule has 0 unspecified atom stereocenters. The van der Waals surface area contributed by atoms with Gasteiger partial charge in [-0.25, -0.2) is 15.0 Å². The molecule has 0 saturated carbocycles. The fourth-order valence-electron chi connectivity index (χ4n) is 4.23. The third kappa shape index (κ3) is 4.36. The summed E-state index contributed by atoms with van der Waals surface area (Å²) < 4.78 is 1.05. The van der Waals surface area contributed by atoms with E-state index in [1.54, 1.807) is 11.3 Å². The Bertz CT molecular complexity index is 1240. The van der Waals surface area contributed by atoms with Crippen molar-refractivity contribution in [2.75, 3.05) is 18.4 Å². The van der Waals surface area contributed by atoms with E-state index >= 15 is 0 Å². The molecule has 5 rings (SSSR count). The summed E-state index contributed by atoms with van der Waals surface area (Å²) in [5.74, 6) is 2.03. The molecule has 4 aromatic heterocycles. The molecule has 164 valence electrons. The van der Waals surface area contributed by atoms with E-state index in [0.717, 1.165) is 63.4 Å². The number of fused-ring (bicyclic) bond motifs is 1. The molecule has 0 aromatic carbocycles. The number of aromatic nitrogens is 4. The second-order valence-corrected chi connectivity index (χ2v) is 9.75. The van der Waals surface area contributed by atoms with Gasteiger partial charge in [0, 0.05) is 25.0 Å². The lowest BCUT2D eigenvalue weighted by Crippen LogP contribution is -2.20. The third-order valence-corrected chi connectivity index (χ3v) is 6.96. The summed E-state index contributed by atoms with van der Waals surface area (Å²) in [6, 6.07) is 10.3. The molecule has 5 heterocycles. The van der Waals surface area contributed by atoms with E-state index in [1.165, 1.54) is 18.4 Å². The Balaban J connectivity index is 1.41. The fraction of sp³-hybridized carbons (Fsp3) is 0.360. The molecule has 1 saturated heterocycles. The van der Waals surface area contributed by atoms with Crippen LogP contribution in [0.25, 0.3) is 20.9 Å². The summed E-state index contributed by atoms with van der Waals surface area (Å²) in [5, 5.41) is 4.32. The standard InChI is InChI=1S/C25H28N6S/c1-16(2)18-8-9-22(28-20(18)15-31-11-4-5-12-31)30-23-13-19-21(14-27-23)32-25(29-19)24-17(3)7-6-10-26-24/h6-10,13-14,16H,4-5,11-12,15H2,1-3H3,(H,27,28,30). The van der Waals surface area contributed by atoms with Gasteiger partial charge in [0.1, 0.15) is 22.3 Å². The number of anilines is 2. The number of hydrogen-bond acceptors (Lipinski definition) is 7. The van der Waals surface area contributed by atoms with Crippen LogP contribution in [0.1, 0.15) is 49.4 Å². The van der Waals surface area contributed by atoms with Crippen molar-refractivity contribution >= 4 is 33.2 Å². The first-order chi connectivity index (χ1) is 15.6. The second-order valence-electron chi connectivity index (χ2n) is 8.72. The molecule has 0 amide bonds. The maximum atomic E-state index is 4.98. The summed E-state index contributed by atoms with van der Waals surface area (Å²) in [4.78, 5) is 21.4. The molecule has 0 atom stereocenters. The van der Waals surface area contributed by atoms with E-state index in [2.05, 4.69) is 59.2 Å². The molecule has 0 aliphatic carbocycles. The maximum absolute atomic E-state index is 4.98. The van der Waals surface area contributed by atoms with Crippen LogP contribution in [0.2, 0.25) is 0 Å². The lowest BCUT2D eigenvalue weighted by atomic mass is 10.0. The molecule has 0 radical (unpaired) electrons. The van der Waals surface area contributed by atoms with Crippen LogP contribution in [0.4, 0.5) is 11.6 Å². The Morgan fingerprint density at radius 2 is 1.91 bits per heavy atom. The number of thiazole rings is 1. The monoisotopic (exact) mass is 444 g/mol. The summed E-state index contributed by atoms with van der Waals surface area (Å²) in [7, 11) is 0. The third-order valence-electron chi connectivity index (χ3n) is 5.95. The lowest BCUT2D eigenvalue weighted by Gasteiger charge is -2.19. The van der Waals surface area contributed by atoms with Gasteiger partial charge in [0.05, 0.1) is 15.9 Å². The van der Waals surface area contributed by atoms with Crippen molar-refractivity contribution in [2.24, 2.45) is 0 Å². The molecule has 1 aliphatic rings. The molecule has 0 bridgehead atoms. The highest BCUT2D eigenvalue weighted by molar-refractivity contribution is 7.21. The SMILES string of the molecule is Cc1cccnc1-c1nc2cc(Nc3ccc(C(C)C)c(CN4CCCC4)n3)ncc2s1. The zero-order valence-corrected chi connectivity index (χ0v) is 19.6. The van der Waals surface area contributed by atoms with Crippen LogP contribution < -0.4 is 5.32 Å². The number of nitrogens with one attached hydrogen (secondary N) is 1. The van der Waals surface area contributed by atoms with Crippen molar-refractivity contribution < 1.29 is 0 Å². The van der Waals surface area contributed by atoms with Gasteiger partial charge in [-0.15, -0.1) is 11.3 Å². The summed E-state index contributed by atoms with van der Waals surface area (Å²) >= 11 is 1.62. The molecule has 4 aromatic rings. The van der Waals surface area contributed by atoms with E-state index in [1.807, 2.05) is 24.5 Å². The lowest BCUT2D eigenvalue weighted by molar-refractivity contribution is 0.325. The molecule has 6 nitrogen and oxygen atoms in total. The van der Waals surface area contributed by atoms with Crippen LogP contribution >= 0.6 is 11.3 Å². The number of aryl methyl sites for hydroxylation is 1. The molecule has 7 heteroatoms. The Labute approximate surface area is 192 Å². The van der Waals surface area contributed by atoms with Gasteiger partial charge in [0.25, 0.3) is 0 Å². The molecule has 1 fully saturated rings. The average molecular weight is 445 g/mol. The first kappa shape index (κ1) is 21.0. The molecular formula is C25H28N6S. The topological polar surface area (TPSA) is 66.8 Å². The minimum Gasteiger partial charge on any atom is -0.325 e. The van der Waals surface area contributed by atoms with Crippen LogP contribution in [0.5, 0.6) is 0 Å². The summed E-state index contributed by atoms with van der Waals surface area (Å²) in [6.07, 6.45) is 6.26. The number of pyridine rings is 3. The van der Waals surface area contributed by atoms with Crippen LogP contribution in [-0.2, 0) is 6.54 Å². The highest BCUT2D eigenvalue weighted by Crippen LogP contribution is 2.32. The van der Waals surface area contributed by atoms with Crippen molar-refractivity contribution in [3.05, 3.63) is 59.5 Å². The predicted molar refractivity (Wildman–Crippen MR) is 132 cm³/mol. The van der Waals surface area contributed by atoms with Crippen molar-refractivity contribution in [2.45, 2.75) is 46.1 Å².